The van der Waals surface area contributed by atoms with Crippen LogP contribution in [0.1, 0.15) is 0 Å². The van der Waals surface area contributed by atoms with E-state index in [0.717, 1.165) is 0 Å². The summed E-state index contributed by atoms with van der Waals surface area (Å²) in [6.45, 7) is 0. The van der Waals surface area contributed by atoms with Crippen LogP contribution in [0.15, 0.2) is 47.7 Å². The van der Waals surface area contributed by atoms with Crippen molar-refractivity contribution in [1.82, 2.24) is 19.9 Å². The fourth-order valence-electron chi connectivity index (χ4n) is 2.77. The Balaban J connectivity index is 1.86. The fraction of sp³-hybridized carbons (Fsp3) is 0.0556. The molecule has 0 amide bonds. The number of nitrogens with one attached hydrogen (secondary N) is 3. The normalized spacial score (nSPS) is 10.9. The number of methoxy groups -OCH3 is 1. The van der Waals surface area contributed by atoms with Gasteiger partial charge in [-0.25, -0.2) is 14.4 Å². The number of imidazole rings is 1. The number of aromatic amines is 2. The van der Waals surface area contributed by atoms with Crippen molar-refractivity contribution in [2.75, 3.05) is 12.4 Å². The van der Waals surface area contributed by atoms with Crippen molar-refractivity contribution in [2.24, 2.45) is 0 Å². The van der Waals surface area contributed by atoms with Crippen LogP contribution in [0.5, 0.6) is 5.88 Å². The van der Waals surface area contributed by atoms with Gasteiger partial charge in [0.1, 0.15) is 17.0 Å². The zero-order chi connectivity index (χ0) is 19.0. The molecule has 0 saturated heterocycles. The SMILES string of the molecule is COc1[nH]c(=O)c(-c2cc(Cl)ccc2F)cc1Nc1ccnc2[nH]cnc12. The number of anilines is 2. The molecule has 4 aromatic rings. The highest BCUT2D eigenvalue weighted by Crippen LogP contribution is 2.32. The third-order valence-electron chi connectivity index (χ3n) is 4.02. The lowest BCUT2D eigenvalue weighted by molar-refractivity contribution is 0.399. The Labute approximate surface area is 157 Å². The quantitative estimate of drug-likeness (QED) is 0.495. The molecule has 0 saturated carbocycles. The second-order valence-electron chi connectivity index (χ2n) is 5.67. The van der Waals surface area contributed by atoms with Gasteiger partial charge in [-0.05, 0) is 30.3 Å². The number of aromatic nitrogens is 4. The van der Waals surface area contributed by atoms with Gasteiger partial charge >= 0.3 is 0 Å². The van der Waals surface area contributed by atoms with E-state index in [0.29, 0.717) is 27.6 Å². The maximum Gasteiger partial charge on any atom is 0.258 e. The number of benzene rings is 1. The predicted octanol–water partition coefficient (Wildman–Crippen LogP) is 3.86. The van der Waals surface area contributed by atoms with Crippen LogP contribution in [0.2, 0.25) is 5.02 Å². The second kappa shape index (κ2) is 6.73. The summed E-state index contributed by atoms with van der Waals surface area (Å²) in [6, 6.07) is 7.27. The van der Waals surface area contributed by atoms with Crippen molar-refractivity contribution in [3.8, 4) is 17.0 Å². The molecule has 4 rings (SSSR count). The second-order valence-corrected chi connectivity index (χ2v) is 6.10. The smallest absolute Gasteiger partial charge is 0.258 e. The number of fused-ring (bicyclic) bond motifs is 1. The lowest BCUT2D eigenvalue weighted by Gasteiger charge is -2.13. The Morgan fingerprint density at radius 2 is 2.00 bits per heavy atom. The van der Waals surface area contributed by atoms with Crippen LogP contribution in [0, 0.1) is 5.82 Å². The lowest BCUT2D eigenvalue weighted by atomic mass is 10.1. The van der Waals surface area contributed by atoms with Gasteiger partial charge in [-0.3, -0.25) is 9.78 Å². The lowest BCUT2D eigenvalue weighted by Crippen LogP contribution is -2.12. The standard InChI is InChI=1S/C18H13ClFN5O2/c1-27-18-14(24-13-4-5-21-16-15(13)22-8-23-16)7-11(17(26)25-18)10-6-9(19)2-3-12(10)20/h2-8H,1H3,(H,25,26)(H2,21,22,23,24). The molecule has 0 bridgehead atoms. The van der Waals surface area contributed by atoms with Gasteiger partial charge in [-0.15, -0.1) is 0 Å². The van der Waals surface area contributed by atoms with Crippen LogP contribution in [0.25, 0.3) is 22.3 Å². The van der Waals surface area contributed by atoms with E-state index in [-0.39, 0.29) is 17.0 Å². The molecule has 27 heavy (non-hydrogen) atoms. The Morgan fingerprint density at radius 1 is 1.15 bits per heavy atom. The molecule has 0 unspecified atom stereocenters. The topological polar surface area (TPSA) is 95.7 Å². The largest absolute Gasteiger partial charge is 0.481 e. The minimum absolute atomic E-state index is 0.0918. The van der Waals surface area contributed by atoms with Crippen molar-refractivity contribution in [2.45, 2.75) is 0 Å². The van der Waals surface area contributed by atoms with Gasteiger partial charge < -0.3 is 15.0 Å². The first kappa shape index (κ1) is 17.0. The maximum atomic E-state index is 14.3. The summed E-state index contributed by atoms with van der Waals surface area (Å²) >= 11 is 5.96. The molecular formula is C18H13ClFN5O2. The van der Waals surface area contributed by atoms with Crippen molar-refractivity contribution in [3.05, 3.63) is 64.0 Å². The summed E-state index contributed by atoms with van der Waals surface area (Å²) in [5.41, 5.74) is 2.00. The molecular weight excluding hydrogens is 373 g/mol. The van der Waals surface area contributed by atoms with Crippen LogP contribution in [-0.2, 0) is 0 Å². The highest BCUT2D eigenvalue weighted by molar-refractivity contribution is 6.30. The summed E-state index contributed by atoms with van der Waals surface area (Å²) in [5, 5.41) is 3.47. The average molecular weight is 386 g/mol. The maximum absolute atomic E-state index is 14.3. The van der Waals surface area contributed by atoms with E-state index in [1.807, 2.05) is 0 Å². The van der Waals surface area contributed by atoms with Gasteiger partial charge in [0.15, 0.2) is 5.65 Å². The summed E-state index contributed by atoms with van der Waals surface area (Å²) in [7, 11) is 1.42. The van der Waals surface area contributed by atoms with E-state index < -0.39 is 11.4 Å². The Hall–Kier alpha value is -3.39. The van der Waals surface area contributed by atoms with E-state index in [9.17, 15) is 9.18 Å². The number of pyridine rings is 2. The molecule has 3 aromatic heterocycles. The van der Waals surface area contributed by atoms with Crippen molar-refractivity contribution >= 4 is 34.1 Å². The molecule has 3 N–H and O–H groups in total. The average Bonchev–Trinajstić information content (AvgIpc) is 3.15. The Kier molecular flexibility index (Phi) is 4.25. The summed E-state index contributed by atoms with van der Waals surface area (Å²) in [5.74, 6) is -0.355. The van der Waals surface area contributed by atoms with Crippen LogP contribution < -0.4 is 15.6 Å². The molecule has 0 spiro atoms. The van der Waals surface area contributed by atoms with Crippen molar-refractivity contribution < 1.29 is 9.13 Å². The summed E-state index contributed by atoms with van der Waals surface area (Å²) in [4.78, 5) is 26.4. The minimum atomic E-state index is -0.556. The molecule has 0 aliphatic carbocycles. The number of hydrogen-bond acceptors (Lipinski definition) is 5. The first-order chi connectivity index (χ1) is 13.1. The van der Waals surface area contributed by atoms with E-state index in [2.05, 4.69) is 25.3 Å². The van der Waals surface area contributed by atoms with Crippen LogP contribution in [0.4, 0.5) is 15.8 Å². The van der Waals surface area contributed by atoms with Gasteiger partial charge in [0, 0.05) is 16.8 Å². The third-order valence-corrected chi connectivity index (χ3v) is 4.25. The van der Waals surface area contributed by atoms with Crippen molar-refractivity contribution in [1.29, 1.82) is 0 Å². The minimum Gasteiger partial charge on any atom is -0.481 e. The van der Waals surface area contributed by atoms with E-state index >= 15 is 0 Å². The number of rotatable bonds is 4. The van der Waals surface area contributed by atoms with E-state index in [1.54, 1.807) is 12.3 Å². The molecule has 136 valence electrons. The number of H-pyrrole nitrogens is 2. The van der Waals surface area contributed by atoms with Gasteiger partial charge in [-0.2, -0.15) is 0 Å². The highest BCUT2D eigenvalue weighted by Gasteiger charge is 2.16. The number of nitrogens with zero attached hydrogens (tertiary/aromatic N) is 2. The molecule has 0 radical (unpaired) electrons. The van der Waals surface area contributed by atoms with Crippen molar-refractivity contribution in [3.63, 3.8) is 0 Å². The Bertz CT molecular complexity index is 1200. The molecule has 7 nitrogen and oxygen atoms in total. The van der Waals surface area contributed by atoms with E-state index in [1.165, 1.54) is 37.7 Å². The highest BCUT2D eigenvalue weighted by atomic mass is 35.5. The van der Waals surface area contributed by atoms with Gasteiger partial charge in [0.2, 0.25) is 5.88 Å². The molecule has 3 heterocycles. The van der Waals surface area contributed by atoms with E-state index in [4.69, 9.17) is 16.3 Å². The zero-order valence-electron chi connectivity index (χ0n) is 14.0. The summed E-state index contributed by atoms with van der Waals surface area (Å²) < 4.78 is 19.5. The van der Waals surface area contributed by atoms with Gasteiger partial charge in [-0.1, -0.05) is 11.6 Å². The summed E-state index contributed by atoms with van der Waals surface area (Å²) in [6.07, 6.45) is 3.14. The monoisotopic (exact) mass is 385 g/mol. The Morgan fingerprint density at radius 3 is 2.81 bits per heavy atom. The third kappa shape index (κ3) is 3.11. The first-order valence-electron chi connectivity index (χ1n) is 7.88. The van der Waals surface area contributed by atoms with Crippen LogP contribution in [0.3, 0.4) is 0 Å². The number of hydrogen-bond donors (Lipinski definition) is 3. The molecule has 1 aromatic carbocycles. The molecule has 0 aliphatic heterocycles. The number of ether oxygens (including phenoxy) is 1. The number of halogens is 2. The van der Waals surface area contributed by atoms with Crippen LogP contribution >= 0.6 is 11.6 Å². The molecule has 0 atom stereocenters. The first-order valence-corrected chi connectivity index (χ1v) is 8.26. The molecule has 0 aliphatic rings. The molecule has 9 heteroatoms. The zero-order valence-corrected chi connectivity index (χ0v) is 14.8. The van der Waals surface area contributed by atoms with Crippen LogP contribution in [-0.4, -0.2) is 27.0 Å². The van der Waals surface area contributed by atoms with Gasteiger partial charge in [0.05, 0.1) is 24.7 Å². The molecule has 0 fully saturated rings. The predicted molar refractivity (Wildman–Crippen MR) is 101 cm³/mol. The fourth-order valence-corrected chi connectivity index (χ4v) is 2.94. The van der Waals surface area contributed by atoms with Gasteiger partial charge in [0.25, 0.3) is 5.56 Å².